The average Bonchev–Trinajstić information content (AvgIpc) is 3.34. The van der Waals surface area contributed by atoms with Crippen LogP contribution in [0, 0.1) is 6.92 Å². The highest BCUT2D eigenvalue weighted by molar-refractivity contribution is 5.88. The van der Waals surface area contributed by atoms with E-state index in [-0.39, 0.29) is 29.3 Å². The summed E-state index contributed by atoms with van der Waals surface area (Å²) in [5, 5.41) is 7.55. The molecule has 9 nitrogen and oxygen atoms in total. The molecule has 5 heterocycles. The third-order valence-corrected chi connectivity index (χ3v) is 6.26. The van der Waals surface area contributed by atoms with Gasteiger partial charge in [0.15, 0.2) is 11.5 Å². The molecule has 0 atom stereocenters. The summed E-state index contributed by atoms with van der Waals surface area (Å²) < 4.78 is 79.6. The number of hydrogen-bond donors (Lipinski definition) is 2. The number of nitrogens with one attached hydrogen (secondary N) is 1. The van der Waals surface area contributed by atoms with E-state index < -0.39 is 25.4 Å². The molecule has 3 N–H and O–H groups in total. The number of aryl methyl sites for hydroxylation is 1. The number of hydrogen-bond acceptors (Lipinski definition) is 7. The number of likely N-dealkylation sites (tertiary alicyclic amines) is 1. The summed E-state index contributed by atoms with van der Waals surface area (Å²) in [7, 11) is 0. The van der Waals surface area contributed by atoms with E-state index in [1.165, 1.54) is 16.3 Å². The van der Waals surface area contributed by atoms with E-state index in [1.807, 2.05) is 0 Å². The number of imidazole rings is 1. The minimum atomic E-state index is -4.43. The van der Waals surface area contributed by atoms with Gasteiger partial charge in [0.25, 0.3) is 0 Å². The highest BCUT2D eigenvalue weighted by Crippen LogP contribution is 2.30. The molecule has 1 saturated heterocycles. The van der Waals surface area contributed by atoms with Crippen LogP contribution in [0.2, 0.25) is 0 Å². The molecule has 15 heteroatoms. The van der Waals surface area contributed by atoms with Gasteiger partial charge in [-0.3, -0.25) is 4.90 Å². The van der Waals surface area contributed by atoms with E-state index in [1.54, 1.807) is 24.4 Å². The van der Waals surface area contributed by atoms with Gasteiger partial charge in [0.2, 0.25) is 5.95 Å². The molecule has 0 saturated carbocycles. The molecular formula is C22H23F6N9. The fraction of sp³-hybridized carbons (Fsp3) is 0.455. The maximum Gasteiger partial charge on any atom is 0.406 e. The molecule has 0 bridgehead atoms. The first-order valence-corrected chi connectivity index (χ1v) is 11.5. The van der Waals surface area contributed by atoms with E-state index in [0.29, 0.717) is 48.2 Å². The Kier molecular flexibility index (Phi) is 6.12. The van der Waals surface area contributed by atoms with Crippen LogP contribution in [0.1, 0.15) is 18.7 Å². The van der Waals surface area contributed by atoms with Crippen molar-refractivity contribution >= 4 is 28.4 Å². The van der Waals surface area contributed by atoms with Gasteiger partial charge in [-0.15, -0.1) is 5.10 Å². The lowest BCUT2D eigenvalue weighted by Gasteiger charge is -2.32. The van der Waals surface area contributed by atoms with Crippen molar-refractivity contribution in [1.29, 1.82) is 0 Å². The van der Waals surface area contributed by atoms with Crippen LogP contribution >= 0.6 is 0 Å². The number of nitrogens with two attached hydrogens (primary N) is 1. The Morgan fingerprint density at radius 3 is 2.35 bits per heavy atom. The normalized spacial score (nSPS) is 16.2. The van der Waals surface area contributed by atoms with Crippen molar-refractivity contribution in [2.45, 2.75) is 44.7 Å². The zero-order valence-electron chi connectivity index (χ0n) is 19.6. The third-order valence-electron chi connectivity index (χ3n) is 6.26. The molecule has 1 fully saturated rings. The van der Waals surface area contributed by atoms with Crippen LogP contribution in [0.4, 0.5) is 38.1 Å². The van der Waals surface area contributed by atoms with Crippen LogP contribution in [0.25, 0.3) is 27.9 Å². The number of pyridine rings is 1. The molecular weight excluding hydrogens is 504 g/mol. The summed E-state index contributed by atoms with van der Waals surface area (Å²) in [6.45, 7) is -0.0705. The van der Waals surface area contributed by atoms with Crippen LogP contribution in [-0.4, -0.2) is 72.1 Å². The number of halogens is 6. The molecule has 0 radical (unpaired) electrons. The maximum absolute atomic E-state index is 13.1. The smallest absolute Gasteiger partial charge is 0.382 e. The first-order valence-electron chi connectivity index (χ1n) is 11.5. The van der Waals surface area contributed by atoms with Gasteiger partial charge in [0, 0.05) is 30.9 Å². The monoisotopic (exact) mass is 527 g/mol. The molecule has 0 aliphatic carbocycles. The fourth-order valence-electron chi connectivity index (χ4n) is 4.62. The van der Waals surface area contributed by atoms with Crippen molar-refractivity contribution in [3.05, 3.63) is 30.2 Å². The summed E-state index contributed by atoms with van der Waals surface area (Å²) >= 11 is 0. The molecule has 4 aromatic heterocycles. The van der Waals surface area contributed by atoms with Crippen molar-refractivity contribution < 1.29 is 26.3 Å². The Morgan fingerprint density at radius 2 is 1.68 bits per heavy atom. The predicted molar refractivity (Wildman–Crippen MR) is 124 cm³/mol. The van der Waals surface area contributed by atoms with Crippen molar-refractivity contribution in [1.82, 2.24) is 34.0 Å². The summed E-state index contributed by atoms with van der Waals surface area (Å²) in [6, 6.07) is 4.81. The maximum atomic E-state index is 13.1. The lowest BCUT2D eigenvalue weighted by atomic mass is 10.1. The Bertz CT molecular complexity index is 1430. The molecule has 0 spiro atoms. The van der Waals surface area contributed by atoms with Crippen molar-refractivity contribution in [3.8, 4) is 11.3 Å². The minimum Gasteiger partial charge on any atom is -0.382 e. The number of nitrogen functional groups attached to an aromatic ring is 1. The summed E-state index contributed by atoms with van der Waals surface area (Å²) in [6.07, 6.45) is -6.06. The number of alkyl halides is 6. The predicted octanol–water partition coefficient (Wildman–Crippen LogP) is 4.03. The standard InChI is InChI=1S/C22H23F6N9/c1-12-30-16-3-2-15(32-19(16)36(12)11-22(26,27)28)14-6-9-37-17(14)18(29)33-20(34-37)31-13-4-7-35(8-5-13)10-21(23,24)25/h2-3,6,9,13H,4-5,7-8,10-11H2,1H3,(H3,29,31,33,34). The molecule has 198 valence electrons. The number of aromatic nitrogens is 6. The van der Waals surface area contributed by atoms with E-state index in [4.69, 9.17) is 5.73 Å². The van der Waals surface area contributed by atoms with Gasteiger partial charge in [-0.25, -0.2) is 14.5 Å². The SMILES string of the molecule is Cc1nc2ccc(-c3ccn4nc(NC5CCN(CC(F)(F)F)CC5)nc(N)c34)nc2n1CC(F)(F)F. The number of rotatable bonds is 5. The molecule has 5 rings (SSSR count). The van der Waals surface area contributed by atoms with Gasteiger partial charge in [-0.05, 0) is 38.0 Å². The highest BCUT2D eigenvalue weighted by atomic mass is 19.4. The van der Waals surface area contributed by atoms with Gasteiger partial charge in [0.05, 0.1) is 12.2 Å². The highest BCUT2D eigenvalue weighted by Gasteiger charge is 2.33. The Hall–Kier alpha value is -3.62. The van der Waals surface area contributed by atoms with E-state index in [2.05, 4.69) is 25.4 Å². The van der Waals surface area contributed by atoms with Crippen LogP contribution < -0.4 is 11.1 Å². The zero-order chi connectivity index (χ0) is 26.5. The Balaban J connectivity index is 1.39. The molecule has 0 unspecified atom stereocenters. The van der Waals surface area contributed by atoms with Crippen LogP contribution in [0.3, 0.4) is 0 Å². The molecule has 1 aliphatic rings. The summed E-state index contributed by atoms with van der Waals surface area (Å²) in [5.41, 5.74) is 8.00. The second-order valence-electron chi connectivity index (χ2n) is 9.05. The molecule has 37 heavy (non-hydrogen) atoms. The number of anilines is 2. The summed E-state index contributed by atoms with van der Waals surface area (Å²) in [5.74, 6) is 0.541. The van der Waals surface area contributed by atoms with Gasteiger partial charge < -0.3 is 15.6 Å². The van der Waals surface area contributed by atoms with E-state index in [9.17, 15) is 26.3 Å². The molecule has 1 aliphatic heterocycles. The molecule has 0 aromatic carbocycles. The lowest BCUT2D eigenvalue weighted by molar-refractivity contribution is -0.147. The first kappa shape index (κ1) is 25.0. The Labute approximate surface area is 206 Å². The van der Waals surface area contributed by atoms with Gasteiger partial charge >= 0.3 is 12.4 Å². The number of nitrogens with zero attached hydrogens (tertiary/aromatic N) is 7. The average molecular weight is 527 g/mol. The fourth-order valence-corrected chi connectivity index (χ4v) is 4.62. The third kappa shape index (κ3) is 5.40. The lowest BCUT2D eigenvalue weighted by Crippen LogP contribution is -2.43. The van der Waals surface area contributed by atoms with Gasteiger partial charge in [-0.1, -0.05) is 0 Å². The number of piperidine rings is 1. The van der Waals surface area contributed by atoms with Gasteiger partial charge in [-0.2, -0.15) is 31.3 Å². The first-order chi connectivity index (χ1) is 17.4. The second kappa shape index (κ2) is 9.04. The van der Waals surface area contributed by atoms with Gasteiger partial charge in [0.1, 0.15) is 23.4 Å². The molecule has 0 amide bonds. The Morgan fingerprint density at radius 1 is 0.973 bits per heavy atom. The topological polar surface area (TPSA) is 102 Å². The largest absolute Gasteiger partial charge is 0.406 e. The van der Waals surface area contributed by atoms with E-state index in [0.717, 1.165) is 4.57 Å². The van der Waals surface area contributed by atoms with Crippen molar-refractivity contribution in [2.24, 2.45) is 0 Å². The van der Waals surface area contributed by atoms with E-state index >= 15 is 0 Å². The van der Waals surface area contributed by atoms with Crippen LogP contribution in [-0.2, 0) is 6.54 Å². The second-order valence-corrected chi connectivity index (χ2v) is 9.05. The summed E-state index contributed by atoms with van der Waals surface area (Å²) in [4.78, 5) is 14.3. The van der Waals surface area contributed by atoms with Crippen molar-refractivity contribution in [3.63, 3.8) is 0 Å². The zero-order valence-corrected chi connectivity index (χ0v) is 19.6. The quantitative estimate of drug-likeness (QED) is 0.378. The number of fused-ring (bicyclic) bond motifs is 2. The van der Waals surface area contributed by atoms with Crippen LogP contribution in [0.5, 0.6) is 0 Å². The molecule has 4 aromatic rings. The van der Waals surface area contributed by atoms with Crippen molar-refractivity contribution in [2.75, 3.05) is 30.7 Å². The minimum absolute atomic E-state index is 0.0984. The van der Waals surface area contributed by atoms with Crippen LogP contribution in [0.15, 0.2) is 24.4 Å².